The SMILES string of the molecule is CCOC(=O)C1=C(CSc2nccn2C)NC(=O)NC1. The lowest BCUT2D eigenvalue weighted by Gasteiger charge is -2.20. The predicted octanol–water partition coefficient (Wildman–Crippen LogP) is 0.642. The highest BCUT2D eigenvalue weighted by molar-refractivity contribution is 7.99. The molecule has 108 valence electrons. The van der Waals surface area contributed by atoms with Gasteiger partial charge in [0.2, 0.25) is 0 Å². The summed E-state index contributed by atoms with van der Waals surface area (Å²) >= 11 is 1.45. The summed E-state index contributed by atoms with van der Waals surface area (Å²) in [7, 11) is 1.89. The number of aryl methyl sites for hydroxylation is 1. The van der Waals surface area contributed by atoms with Crippen LogP contribution in [0.25, 0.3) is 0 Å². The van der Waals surface area contributed by atoms with Gasteiger partial charge in [-0.05, 0) is 6.92 Å². The zero-order valence-electron chi connectivity index (χ0n) is 11.3. The van der Waals surface area contributed by atoms with Crippen LogP contribution in [-0.2, 0) is 16.6 Å². The summed E-state index contributed by atoms with van der Waals surface area (Å²) in [6.07, 6.45) is 3.54. The maximum atomic E-state index is 11.8. The fourth-order valence-electron chi connectivity index (χ4n) is 1.70. The predicted molar refractivity (Wildman–Crippen MR) is 74.1 cm³/mol. The minimum atomic E-state index is -0.407. The van der Waals surface area contributed by atoms with E-state index in [-0.39, 0.29) is 12.6 Å². The van der Waals surface area contributed by atoms with Crippen molar-refractivity contribution in [3.05, 3.63) is 23.7 Å². The highest BCUT2D eigenvalue weighted by Gasteiger charge is 2.23. The lowest BCUT2D eigenvalue weighted by Crippen LogP contribution is -2.44. The Kier molecular flexibility index (Phi) is 4.67. The van der Waals surface area contributed by atoms with E-state index in [0.29, 0.717) is 23.6 Å². The van der Waals surface area contributed by atoms with E-state index in [1.165, 1.54) is 11.8 Å². The van der Waals surface area contributed by atoms with E-state index >= 15 is 0 Å². The van der Waals surface area contributed by atoms with Crippen LogP contribution in [0.5, 0.6) is 0 Å². The number of rotatable bonds is 5. The van der Waals surface area contributed by atoms with Crippen LogP contribution < -0.4 is 10.6 Å². The monoisotopic (exact) mass is 296 g/mol. The third-order valence-electron chi connectivity index (χ3n) is 2.70. The highest BCUT2D eigenvalue weighted by atomic mass is 32.2. The van der Waals surface area contributed by atoms with Crippen molar-refractivity contribution in [3.63, 3.8) is 0 Å². The van der Waals surface area contributed by atoms with Crippen molar-refractivity contribution in [1.82, 2.24) is 20.2 Å². The smallest absolute Gasteiger partial charge is 0.337 e. The van der Waals surface area contributed by atoms with Crippen LogP contribution in [-0.4, -0.2) is 40.5 Å². The Morgan fingerprint density at radius 1 is 1.60 bits per heavy atom. The van der Waals surface area contributed by atoms with Crippen molar-refractivity contribution in [2.45, 2.75) is 12.1 Å². The van der Waals surface area contributed by atoms with Crippen molar-refractivity contribution in [2.24, 2.45) is 7.05 Å². The number of nitrogens with one attached hydrogen (secondary N) is 2. The van der Waals surface area contributed by atoms with E-state index in [2.05, 4.69) is 15.6 Å². The van der Waals surface area contributed by atoms with Crippen molar-refractivity contribution in [3.8, 4) is 0 Å². The number of ether oxygens (including phenoxy) is 1. The van der Waals surface area contributed by atoms with Crippen molar-refractivity contribution in [1.29, 1.82) is 0 Å². The molecule has 1 aliphatic heterocycles. The van der Waals surface area contributed by atoms with E-state index in [4.69, 9.17) is 4.74 Å². The minimum Gasteiger partial charge on any atom is -0.463 e. The number of hydrogen-bond acceptors (Lipinski definition) is 5. The normalized spacial score (nSPS) is 14.8. The molecule has 0 atom stereocenters. The third-order valence-corrected chi connectivity index (χ3v) is 3.78. The number of carbonyl (C=O) groups is 2. The number of esters is 1. The largest absolute Gasteiger partial charge is 0.463 e. The third kappa shape index (κ3) is 3.32. The molecule has 0 radical (unpaired) electrons. The van der Waals surface area contributed by atoms with Gasteiger partial charge >= 0.3 is 12.0 Å². The summed E-state index contributed by atoms with van der Waals surface area (Å²) in [5.41, 5.74) is 1.02. The molecule has 20 heavy (non-hydrogen) atoms. The van der Waals surface area contributed by atoms with Crippen LogP contribution in [0.2, 0.25) is 0 Å². The lowest BCUT2D eigenvalue weighted by atomic mass is 10.2. The number of nitrogens with zero attached hydrogens (tertiary/aromatic N) is 2. The standard InChI is InChI=1S/C12H16N4O3S/c1-3-19-10(17)8-6-14-11(18)15-9(8)7-20-12-13-4-5-16(12)2/h4-5H,3,6-7H2,1-2H3,(H2,14,15,18). The molecule has 7 nitrogen and oxygen atoms in total. The maximum absolute atomic E-state index is 11.8. The molecule has 2 rings (SSSR count). The first-order valence-electron chi connectivity index (χ1n) is 6.16. The van der Waals surface area contributed by atoms with Crippen LogP contribution in [0.3, 0.4) is 0 Å². The molecule has 0 unspecified atom stereocenters. The number of amides is 2. The molecule has 1 aromatic rings. The molecular weight excluding hydrogens is 280 g/mol. The fourth-order valence-corrected chi connectivity index (χ4v) is 2.62. The second-order valence-electron chi connectivity index (χ2n) is 4.09. The Bertz CT molecular complexity index is 553. The molecule has 0 spiro atoms. The molecule has 2 amide bonds. The van der Waals surface area contributed by atoms with Crippen LogP contribution >= 0.6 is 11.8 Å². The van der Waals surface area contributed by atoms with Gasteiger partial charge in [0.05, 0.1) is 18.7 Å². The van der Waals surface area contributed by atoms with Gasteiger partial charge in [-0.15, -0.1) is 0 Å². The first-order valence-corrected chi connectivity index (χ1v) is 7.14. The van der Waals surface area contributed by atoms with Crippen molar-refractivity contribution in [2.75, 3.05) is 18.9 Å². The molecule has 2 N–H and O–H groups in total. The highest BCUT2D eigenvalue weighted by Crippen LogP contribution is 2.20. The number of aromatic nitrogens is 2. The molecule has 8 heteroatoms. The Balaban J connectivity index is 2.12. The van der Waals surface area contributed by atoms with Crippen molar-refractivity contribution < 1.29 is 14.3 Å². The molecule has 1 aromatic heterocycles. The summed E-state index contributed by atoms with van der Waals surface area (Å²) in [6, 6.07) is -0.312. The van der Waals surface area contributed by atoms with Crippen LogP contribution in [0.1, 0.15) is 6.92 Å². The molecule has 1 aliphatic rings. The summed E-state index contributed by atoms with van der Waals surface area (Å²) in [5.74, 6) is 0.0438. The van der Waals surface area contributed by atoms with Gasteiger partial charge in [0.1, 0.15) is 0 Å². The second kappa shape index (κ2) is 6.47. The summed E-state index contributed by atoms with van der Waals surface area (Å²) in [6.45, 7) is 2.23. The lowest BCUT2D eigenvalue weighted by molar-refractivity contribution is -0.138. The molecule has 0 bridgehead atoms. The maximum Gasteiger partial charge on any atom is 0.337 e. The molecule has 0 saturated heterocycles. The van der Waals surface area contributed by atoms with E-state index in [0.717, 1.165) is 5.16 Å². The van der Waals surface area contributed by atoms with Gasteiger partial charge in [-0.3, -0.25) is 0 Å². The Morgan fingerprint density at radius 2 is 2.40 bits per heavy atom. The number of carbonyl (C=O) groups excluding carboxylic acids is 2. The number of thioether (sulfide) groups is 1. The van der Waals surface area contributed by atoms with Gasteiger partial charge in [-0.2, -0.15) is 0 Å². The fraction of sp³-hybridized carbons (Fsp3) is 0.417. The molecule has 2 heterocycles. The summed E-state index contributed by atoms with van der Waals surface area (Å²) in [4.78, 5) is 27.4. The van der Waals surface area contributed by atoms with Crippen LogP contribution in [0, 0.1) is 0 Å². The molecular formula is C12H16N4O3S. The Hall–Kier alpha value is -1.96. The van der Waals surface area contributed by atoms with Gasteiger partial charge < -0.3 is 19.9 Å². The number of urea groups is 1. The molecule has 0 aromatic carbocycles. The van der Waals surface area contributed by atoms with Gasteiger partial charge in [0.15, 0.2) is 5.16 Å². The molecule has 0 aliphatic carbocycles. The average molecular weight is 296 g/mol. The molecule has 0 saturated carbocycles. The van der Waals surface area contributed by atoms with Gasteiger partial charge in [0.25, 0.3) is 0 Å². The molecule has 0 fully saturated rings. The summed E-state index contributed by atoms with van der Waals surface area (Å²) < 4.78 is 6.86. The quantitative estimate of drug-likeness (QED) is 0.615. The van der Waals surface area contributed by atoms with E-state index in [1.54, 1.807) is 13.1 Å². The van der Waals surface area contributed by atoms with Gasteiger partial charge in [0, 0.05) is 30.9 Å². The Morgan fingerprint density at radius 3 is 3.05 bits per heavy atom. The topological polar surface area (TPSA) is 85.2 Å². The van der Waals surface area contributed by atoms with Crippen molar-refractivity contribution >= 4 is 23.8 Å². The van der Waals surface area contributed by atoms with Crippen LogP contribution in [0.4, 0.5) is 4.79 Å². The first kappa shape index (κ1) is 14.4. The second-order valence-corrected chi connectivity index (χ2v) is 5.04. The first-order chi connectivity index (χ1) is 9.61. The van der Waals surface area contributed by atoms with E-state index in [1.807, 2.05) is 17.8 Å². The minimum absolute atomic E-state index is 0.182. The number of hydrogen-bond donors (Lipinski definition) is 2. The van der Waals surface area contributed by atoms with Gasteiger partial charge in [-0.1, -0.05) is 11.8 Å². The van der Waals surface area contributed by atoms with E-state index in [9.17, 15) is 9.59 Å². The zero-order chi connectivity index (χ0) is 14.5. The van der Waals surface area contributed by atoms with Gasteiger partial charge in [-0.25, -0.2) is 14.6 Å². The zero-order valence-corrected chi connectivity index (χ0v) is 12.1. The summed E-state index contributed by atoms with van der Waals surface area (Å²) in [5, 5.41) is 6.04. The Labute approximate surface area is 120 Å². The van der Waals surface area contributed by atoms with Crippen LogP contribution in [0.15, 0.2) is 28.8 Å². The van der Waals surface area contributed by atoms with E-state index < -0.39 is 5.97 Å². The average Bonchev–Trinajstić information content (AvgIpc) is 2.82. The number of imidazole rings is 1.